The highest BCUT2D eigenvalue weighted by molar-refractivity contribution is 7.70. The Kier molecular flexibility index (Phi) is 4.06. The second-order valence-corrected chi connectivity index (χ2v) is 7.38. The van der Waals surface area contributed by atoms with Gasteiger partial charge in [-0.25, -0.2) is 0 Å². The molecule has 14 heavy (non-hydrogen) atoms. The van der Waals surface area contributed by atoms with E-state index in [1.165, 1.54) is 6.92 Å². The highest BCUT2D eigenvalue weighted by atomic mass is 31.2. The maximum atomic E-state index is 10.7. The van der Waals surface area contributed by atoms with Gasteiger partial charge >= 0.3 is 15.2 Å². The minimum atomic E-state index is -4.92. The summed E-state index contributed by atoms with van der Waals surface area (Å²) >= 11 is 0. The van der Waals surface area contributed by atoms with E-state index < -0.39 is 32.7 Å². The van der Waals surface area contributed by atoms with Crippen LogP contribution in [0.4, 0.5) is 0 Å². The van der Waals surface area contributed by atoms with E-state index in [9.17, 15) is 9.13 Å². The van der Waals surface area contributed by atoms with E-state index in [1.54, 1.807) is 0 Å². The normalized spacial score (nSPS) is 14.9. The average molecular weight is 248 g/mol. The van der Waals surface area contributed by atoms with E-state index in [4.69, 9.17) is 31.0 Å². The summed E-state index contributed by atoms with van der Waals surface area (Å²) in [7, 11) is -9.83. The van der Waals surface area contributed by atoms with E-state index in [0.717, 1.165) is 0 Å². The number of nitrogens with two attached hydrogens (primary N) is 2. The molecule has 0 aromatic heterocycles. The summed E-state index contributed by atoms with van der Waals surface area (Å²) in [6, 6.07) is 0. The average Bonchev–Trinajstić information content (AvgIpc) is 1.75. The van der Waals surface area contributed by atoms with Crippen molar-refractivity contribution in [3.8, 4) is 0 Å². The summed E-state index contributed by atoms with van der Waals surface area (Å²) < 4.78 is 21.5. The van der Waals surface area contributed by atoms with Gasteiger partial charge in [-0.1, -0.05) is 0 Å². The standard InChI is InChI=1S/C4H14N2O6P2/c1-4(5,6)2-3(13(7,8)9)14(10,11)12/h3H,2,5-6H2,1H3,(H2,7,8,9)(H2,10,11,12). The molecule has 0 bridgehead atoms. The number of rotatable bonds is 4. The highest BCUT2D eigenvalue weighted by Gasteiger charge is 2.45. The summed E-state index contributed by atoms with van der Waals surface area (Å²) in [5, 5.41) is -2.14. The first-order chi connectivity index (χ1) is 5.84. The van der Waals surface area contributed by atoms with Crippen LogP contribution in [0.3, 0.4) is 0 Å². The third kappa shape index (κ3) is 5.19. The Morgan fingerprint density at radius 1 is 1.14 bits per heavy atom. The van der Waals surface area contributed by atoms with E-state index in [0.29, 0.717) is 0 Å². The molecule has 0 aromatic rings. The van der Waals surface area contributed by atoms with E-state index in [2.05, 4.69) is 0 Å². The molecule has 0 heterocycles. The third-order valence-corrected chi connectivity index (χ3v) is 5.12. The monoisotopic (exact) mass is 248 g/mol. The Labute approximate surface area is 80.6 Å². The molecule has 0 aliphatic carbocycles. The second-order valence-electron chi connectivity index (χ2n) is 3.37. The Hall–Kier alpha value is 0.220. The van der Waals surface area contributed by atoms with Crippen molar-refractivity contribution in [2.24, 2.45) is 11.5 Å². The van der Waals surface area contributed by atoms with Gasteiger partial charge in [-0.3, -0.25) is 9.13 Å². The minimum absolute atomic E-state index is 0.665. The van der Waals surface area contributed by atoms with Gasteiger partial charge in [-0.05, 0) is 6.92 Å². The van der Waals surface area contributed by atoms with Gasteiger partial charge in [0.1, 0.15) is 0 Å². The maximum absolute atomic E-state index is 10.7. The smallest absolute Gasteiger partial charge is 0.324 e. The topological polar surface area (TPSA) is 167 Å². The van der Waals surface area contributed by atoms with Crippen LogP contribution in [0.1, 0.15) is 13.3 Å². The van der Waals surface area contributed by atoms with Gasteiger partial charge in [0.25, 0.3) is 0 Å². The van der Waals surface area contributed by atoms with Crippen LogP contribution >= 0.6 is 15.2 Å². The molecule has 0 aromatic carbocycles. The molecule has 0 saturated heterocycles. The summed E-state index contributed by atoms with van der Waals surface area (Å²) in [4.78, 5) is 34.7. The van der Waals surface area contributed by atoms with Gasteiger partial charge < -0.3 is 31.0 Å². The molecular formula is C4H14N2O6P2. The van der Waals surface area contributed by atoms with Crippen LogP contribution in [0.25, 0.3) is 0 Å². The molecule has 0 fully saturated rings. The van der Waals surface area contributed by atoms with Crippen LogP contribution in [0.15, 0.2) is 0 Å². The first-order valence-electron chi connectivity index (χ1n) is 3.52. The molecule has 10 heteroatoms. The molecule has 0 aliphatic heterocycles. The molecule has 0 amide bonds. The summed E-state index contributed by atoms with van der Waals surface area (Å²) in [5.41, 5.74) is 8.89. The SMILES string of the molecule is CC(N)(N)CC(P(=O)(O)O)P(=O)(O)O. The Morgan fingerprint density at radius 3 is 1.50 bits per heavy atom. The van der Waals surface area contributed by atoms with E-state index in [-0.39, 0.29) is 0 Å². The van der Waals surface area contributed by atoms with E-state index in [1.807, 2.05) is 0 Å². The van der Waals surface area contributed by atoms with Gasteiger partial charge in [0.15, 0.2) is 5.40 Å². The van der Waals surface area contributed by atoms with Gasteiger partial charge in [0.2, 0.25) is 0 Å². The molecule has 0 unspecified atom stereocenters. The van der Waals surface area contributed by atoms with Crippen LogP contribution < -0.4 is 11.5 Å². The van der Waals surface area contributed by atoms with Gasteiger partial charge in [-0.15, -0.1) is 0 Å². The van der Waals surface area contributed by atoms with Crippen LogP contribution in [-0.2, 0) is 9.13 Å². The van der Waals surface area contributed by atoms with Gasteiger partial charge in [0.05, 0.1) is 5.66 Å². The quantitative estimate of drug-likeness (QED) is 0.263. The number of hydrogen-bond donors (Lipinski definition) is 6. The van der Waals surface area contributed by atoms with Crippen LogP contribution in [0.5, 0.6) is 0 Å². The molecular weight excluding hydrogens is 234 g/mol. The Morgan fingerprint density at radius 2 is 1.43 bits per heavy atom. The lowest BCUT2D eigenvalue weighted by Crippen LogP contribution is -2.48. The Balaban J connectivity index is 4.98. The maximum Gasteiger partial charge on any atom is 0.340 e. The van der Waals surface area contributed by atoms with Crippen molar-refractivity contribution >= 4 is 15.2 Å². The fraction of sp³-hybridized carbons (Fsp3) is 1.00. The number of hydrogen-bond acceptors (Lipinski definition) is 4. The lowest BCUT2D eigenvalue weighted by atomic mass is 10.2. The fourth-order valence-corrected chi connectivity index (χ4v) is 3.66. The summed E-state index contributed by atoms with van der Waals surface area (Å²) in [5.74, 6) is 0. The fourth-order valence-electron chi connectivity index (χ4n) is 0.827. The van der Waals surface area contributed by atoms with Gasteiger partial charge in [-0.2, -0.15) is 0 Å². The predicted octanol–water partition coefficient (Wildman–Crippen LogP) is -1.31. The first-order valence-corrected chi connectivity index (χ1v) is 6.88. The zero-order valence-electron chi connectivity index (χ0n) is 7.44. The third-order valence-electron chi connectivity index (χ3n) is 1.40. The molecule has 8 nitrogen and oxygen atoms in total. The summed E-state index contributed by atoms with van der Waals surface area (Å²) in [6.07, 6.45) is -0.665. The zero-order chi connectivity index (χ0) is 11.8. The molecule has 0 saturated carbocycles. The van der Waals surface area contributed by atoms with E-state index >= 15 is 0 Å². The molecule has 0 atom stereocenters. The molecule has 86 valence electrons. The van der Waals surface area contributed by atoms with Crippen molar-refractivity contribution in [1.29, 1.82) is 0 Å². The predicted molar refractivity (Wildman–Crippen MR) is 49.3 cm³/mol. The molecule has 8 N–H and O–H groups in total. The van der Waals surface area contributed by atoms with Crippen molar-refractivity contribution in [3.63, 3.8) is 0 Å². The highest BCUT2D eigenvalue weighted by Crippen LogP contribution is 2.61. The van der Waals surface area contributed by atoms with Gasteiger partial charge in [0, 0.05) is 6.42 Å². The van der Waals surface area contributed by atoms with Crippen LogP contribution in [0.2, 0.25) is 0 Å². The minimum Gasteiger partial charge on any atom is -0.324 e. The van der Waals surface area contributed by atoms with Crippen molar-refractivity contribution < 1.29 is 28.7 Å². The molecule has 0 spiro atoms. The second kappa shape index (κ2) is 4.00. The van der Waals surface area contributed by atoms with Crippen molar-refractivity contribution in [2.75, 3.05) is 0 Å². The lowest BCUT2D eigenvalue weighted by Gasteiger charge is -2.26. The van der Waals surface area contributed by atoms with Crippen LogP contribution in [-0.4, -0.2) is 30.6 Å². The van der Waals surface area contributed by atoms with Crippen molar-refractivity contribution in [3.05, 3.63) is 0 Å². The largest absolute Gasteiger partial charge is 0.340 e. The Bertz CT molecular complexity index is 265. The molecule has 0 aliphatic rings. The molecule has 0 radical (unpaired) electrons. The summed E-state index contributed by atoms with van der Waals surface area (Å²) in [6.45, 7) is 1.21. The molecule has 0 rings (SSSR count). The van der Waals surface area contributed by atoms with Crippen LogP contribution in [0, 0.1) is 0 Å². The van der Waals surface area contributed by atoms with Crippen molar-refractivity contribution in [1.82, 2.24) is 0 Å². The van der Waals surface area contributed by atoms with Crippen molar-refractivity contribution in [2.45, 2.75) is 24.4 Å². The lowest BCUT2D eigenvalue weighted by molar-refractivity contribution is 0.319. The first kappa shape index (κ1) is 14.2. The zero-order valence-corrected chi connectivity index (χ0v) is 9.23.